The molecule has 0 aromatic heterocycles. The van der Waals surface area contributed by atoms with E-state index >= 15 is 0 Å². The van der Waals surface area contributed by atoms with E-state index in [9.17, 15) is 0 Å². The molecule has 0 aliphatic carbocycles. The third kappa shape index (κ3) is 19.9. The predicted molar refractivity (Wildman–Crippen MR) is 45.5 cm³/mol. The van der Waals surface area contributed by atoms with E-state index in [2.05, 4.69) is 7.44 Å². The molecule has 0 N–H and O–H groups in total. The van der Waals surface area contributed by atoms with Gasteiger partial charge in [0.1, 0.15) is 0 Å². The number of hydrogen-bond donors (Lipinski definition) is 0. The zero-order valence-corrected chi connectivity index (χ0v) is 4.00. The molecule has 0 unspecified atom stereocenters. The van der Waals surface area contributed by atoms with E-state index in [1.165, 1.54) is 10.1 Å². The minimum atomic E-state index is 0. The fourth-order valence-corrected chi connectivity index (χ4v) is 0. The Morgan fingerprint density at radius 1 is 1.20 bits per heavy atom. The monoisotopic (exact) mass is 142 g/mol. The van der Waals surface area contributed by atoms with Crippen LogP contribution < -0.4 is 0 Å². The maximum atomic E-state index is 2.14. The summed E-state index contributed by atoms with van der Waals surface area (Å²) in [4.78, 5) is 0. The van der Waals surface area contributed by atoms with Gasteiger partial charge in [-0.05, 0) is 10.1 Å². The Labute approximate surface area is 93.9 Å². The second kappa shape index (κ2) is 28.9. The van der Waals surface area contributed by atoms with Gasteiger partial charge in [-0.15, -0.1) is 0 Å². The van der Waals surface area contributed by atoms with Crippen LogP contribution in [0.2, 0.25) is 0 Å². The van der Waals surface area contributed by atoms with Gasteiger partial charge in [0.15, 0.2) is 17.4 Å². The summed E-state index contributed by atoms with van der Waals surface area (Å²) in [5.74, 6) is 0. The molecular formula is H12AlBCaMgSi. The first-order valence-corrected chi connectivity index (χ1v) is 3.00. The van der Waals surface area contributed by atoms with Gasteiger partial charge in [0, 0.05) is 0 Å². The van der Waals surface area contributed by atoms with Crippen LogP contribution in [0.1, 0.15) is 0 Å². The van der Waals surface area contributed by atoms with Crippen molar-refractivity contribution >= 4 is 95.7 Å². The Kier molecular flexibility index (Phi) is 144. The average molecular weight is 142 g/mol. The molecule has 0 aromatic carbocycles. The van der Waals surface area contributed by atoms with Crippen LogP contribution in [0, 0.1) is 0 Å². The first-order valence-electron chi connectivity index (χ1n) is 1.00. The summed E-state index contributed by atoms with van der Waals surface area (Å²) in [6.45, 7) is 0. The van der Waals surface area contributed by atoms with Gasteiger partial charge < -0.3 is 0 Å². The number of rotatable bonds is 0. The normalized spacial score (nSPS) is 1.60. The molecule has 5 heavy (non-hydrogen) atoms. The van der Waals surface area contributed by atoms with Gasteiger partial charge in [-0.25, -0.2) is 0 Å². The summed E-state index contributed by atoms with van der Waals surface area (Å²) in [5.41, 5.74) is 0. The molecule has 0 rings (SSSR count). The fourth-order valence-electron chi connectivity index (χ4n) is 0. The van der Waals surface area contributed by atoms with Gasteiger partial charge in [0.05, 0.1) is 7.44 Å². The Hall–Kier alpha value is 2.84. The summed E-state index contributed by atoms with van der Waals surface area (Å²) in [7, 11) is 3.44. The quantitative estimate of drug-likeness (QED) is 0.297. The summed E-state index contributed by atoms with van der Waals surface area (Å²) >= 11 is 0. The smallest absolute Gasteiger partial charge is 0.316 e. The molecule has 0 bridgehead atoms. The molecule has 0 saturated carbocycles. The topological polar surface area (TPSA) is 0 Å². The second-order valence-corrected chi connectivity index (χ2v) is 0. The molecule has 0 saturated heterocycles. The van der Waals surface area contributed by atoms with Crippen LogP contribution >= 0.6 is 0 Å². The molecule has 0 atom stereocenters. The van der Waals surface area contributed by atoms with Crippen molar-refractivity contribution in [3.63, 3.8) is 0 Å². The summed E-state index contributed by atoms with van der Waals surface area (Å²) in [6.07, 6.45) is 0. The van der Waals surface area contributed by atoms with Crippen LogP contribution in [0.5, 0.6) is 0 Å². The van der Waals surface area contributed by atoms with Crippen molar-refractivity contribution in [2.75, 3.05) is 0 Å². The van der Waals surface area contributed by atoms with Crippen molar-refractivity contribution in [1.82, 2.24) is 0 Å². The van der Waals surface area contributed by atoms with E-state index in [1.807, 2.05) is 0 Å². The van der Waals surface area contributed by atoms with Crippen LogP contribution in [-0.4, -0.2) is 95.7 Å². The van der Waals surface area contributed by atoms with Gasteiger partial charge in [0.2, 0.25) is 0 Å². The third-order valence-corrected chi connectivity index (χ3v) is 0. The van der Waals surface area contributed by atoms with Crippen molar-refractivity contribution in [2.45, 2.75) is 0 Å². The molecule has 0 radical (unpaired) electrons. The minimum absolute atomic E-state index is 0. The summed E-state index contributed by atoms with van der Waals surface area (Å²) in [6, 6.07) is 0. The summed E-state index contributed by atoms with van der Waals surface area (Å²) < 4.78 is 0. The first kappa shape index (κ1) is 24.9. The van der Waals surface area contributed by atoms with Crippen molar-refractivity contribution in [3.05, 3.63) is 0 Å². The van der Waals surface area contributed by atoms with E-state index in [1.54, 1.807) is 0 Å². The van der Waals surface area contributed by atoms with E-state index in [0.717, 1.165) is 0 Å². The van der Waals surface area contributed by atoms with Gasteiger partial charge in [-0.3, -0.25) is 0 Å². The van der Waals surface area contributed by atoms with Gasteiger partial charge in [-0.2, -0.15) is 0 Å². The Morgan fingerprint density at radius 2 is 1.20 bits per heavy atom. The zero-order chi connectivity index (χ0) is 2.00. The van der Waals surface area contributed by atoms with Crippen molar-refractivity contribution in [2.24, 2.45) is 0 Å². The van der Waals surface area contributed by atoms with Crippen LogP contribution in [-0.2, 0) is 0 Å². The Bertz CT molecular complexity index is 11.6. The maximum absolute atomic E-state index is 2.14. The molecule has 0 nitrogen and oxygen atoms in total. The van der Waals surface area contributed by atoms with Crippen LogP contribution in [0.25, 0.3) is 0 Å². The minimum Gasteiger partial charge on any atom is 0.316 e. The van der Waals surface area contributed by atoms with Crippen LogP contribution in [0.4, 0.5) is 0 Å². The molecule has 0 aliphatic rings. The number of hydrogen-bond acceptors (Lipinski definition) is 0. The second-order valence-electron chi connectivity index (χ2n) is 0. The molecule has 0 aromatic rings. The first-order chi connectivity index (χ1) is 1.00. The summed E-state index contributed by atoms with van der Waals surface area (Å²) in [5, 5.41) is 0. The van der Waals surface area contributed by atoms with Gasteiger partial charge >= 0.3 is 60.8 Å². The molecule has 26 valence electrons. The zero-order valence-electron chi connectivity index (χ0n) is 2.00. The van der Waals surface area contributed by atoms with E-state index in [-0.39, 0.29) is 78.2 Å². The average Bonchev–Trinajstić information content (AvgIpc) is 1.00. The van der Waals surface area contributed by atoms with E-state index in [4.69, 9.17) is 0 Å². The largest absolute Gasteiger partial charge is 0.316 e. The molecule has 0 amide bonds. The third-order valence-electron chi connectivity index (χ3n) is 0. The predicted octanol–water partition coefficient (Wildman–Crippen LogP) is -5.12. The molecule has 5 heteroatoms. The van der Waals surface area contributed by atoms with Crippen molar-refractivity contribution in [1.29, 1.82) is 0 Å². The van der Waals surface area contributed by atoms with Crippen molar-refractivity contribution in [3.8, 4) is 0 Å². The molecule has 0 heterocycles. The van der Waals surface area contributed by atoms with Crippen LogP contribution in [0.3, 0.4) is 0 Å². The van der Waals surface area contributed by atoms with Gasteiger partial charge in [-0.1, -0.05) is 0 Å². The van der Waals surface area contributed by atoms with Crippen molar-refractivity contribution < 1.29 is 0 Å². The van der Waals surface area contributed by atoms with Gasteiger partial charge in [0.25, 0.3) is 0 Å². The Balaban J connectivity index is -0.00000000167. The maximum Gasteiger partial charge on any atom is 0.316 e. The molecule has 0 fully saturated rings. The Morgan fingerprint density at radius 3 is 1.20 bits per heavy atom. The fraction of sp³-hybridized carbons (Fsp3) is 0. The standard InChI is InChI=1S/Al.BH5Si.Ca.Mg.7H/c;1-2;;;;;;;;;/h;1H2,2H3;;;;;;;;;. The van der Waals surface area contributed by atoms with Crippen LogP contribution in [0.15, 0.2) is 0 Å². The molecule has 0 aliphatic heterocycles. The van der Waals surface area contributed by atoms with E-state index < -0.39 is 0 Å². The molecule has 0 spiro atoms. The molecular weight excluding hydrogens is 130 g/mol. The van der Waals surface area contributed by atoms with E-state index in [0.29, 0.717) is 0 Å². The SMILES string of the molecule is B[SiH3].[AlH3].[CaH2].[MgH2].